The van der Waals surface area contributed by atoms with Gasteiger partial charge in [-0.05, 0) is 18.6 Å². The number of anilines is 1. The molecule has 1 aromatic carbocycles. The fourth-order valence-electron chi connectivity index (χ4n) is 2.19. The third kappa shape index (κ3) is 2.16. The van der Waals surface area contributed by atoms with Crippen molar-refractivity contribution in [2.45, 2.75) is 16.9 Å². The molecule has 2 N–H and O–H groups in total. The van der Waals surface area contributed by atoms with Gasteiger partial charge in [-0.1, -0.05) is 0 Å². The molecular formula is C11H12N2O5S2. The minimum absolute atomic E-state index is 0.0749. The van der Waals surface area contributed by atoms with Gasteiger partial charge in [-0.15, -0.1) is 0 Å². The molecule has 0 bridgehead atoms. The van der Waals surface area contributed by atoms with E-state index in [0.717, 1.165) is 0 Å². The highest BCUT2D eigenvalue weighted by molar-refractivity contribution is 7.96. The summed E-state index contributed by atoms with van der Waals surface area (Å²) in [5.41, 5.74) is 6.66. The fourth-order valence-corrected chi connectivity index (χ4v) is 6.37. The van der Waals surface area contributed by atoms with Gasteiger partial charge in [0, 0.05) is 11.8 Å². The van der Waals surface area contributed by atoms with Gasteiger partial charge in [0.2, 0.25) is 9.84 Å². The molecule has 1 saturated heterocycles. The lowest BCUT2D eigenvalue weighted by Gasteiger charge is -2.04. The first kappa shape index (κ1) is 13.4. The molecule has 108 valence electrons. The van der Waals surface area contributed by atoms with Crippen molar-refractivity contribution in [2.24, 2.45) is 0 Å². The molecule has 20 heavy (non-hydrogen) atoms. The molecule has 0 saturated carbocycles. The van der Waals surface area contributed by atoms with Crippen LogP contribution in [0.15, 0.2) is 27.8 Å². The zero-order chi connectivity index (χ0) is 14.5. The Hall–Kier alpha value is -1.61. The van der Waals surface area contributed by atoms with Gasteiger partial charge in [-0.2, -0.15) is 4.98 Å². The Morgan fingerprint density at radius 3 is 2.75 bits per heavy atom. The van der Waals surface area contributed by atoms with Crippen LogP contribution in [0.3, 0.4) is 0 Å². The van der Waals surface area contributed by atoms with Gasteiger partial charge in [0.05, 0.1) is 16.8 Å². The minimum atomic E-state index is -3.88. The number of fused-ring (bicyclic) bond motifs is 1. The summed E-state index contributed by atoms with van der Waals surface area (Å²) >= 11 is 0. The van der Waals surface area contributed by atoms with E-state index in [0.29, 0.717) is 11.2 Å². The molecule has 0 aliphatic carbocycles. The average molecular weight is 316 g/mol. The molecule has 0 amide bonds. The van der Waals surface area contributed by atoms with E-state index in [9.17, 15) is 16.8 Å². The molecule has 2 aromatic rings. The Balaban J connectivity index is 2.05. The van der Waals surface area contributed by atoms with Gasteiger partial charge in [0.25, 0.3) is 0 Å². The number of hydrogen-bond donors (Lipinski definition) is 1. The second-order valence-electron chi connectivity index (χ2n) is 4.78. The second-order valence-corrected chi connectivity index (χ2v) is 9.11. The van der Waals surface area contributed by atoms with Crippen LogP contribution in [0.25, 0.3) is 11.1 Å². The van der Waals surface area contributed by atoms with Crippen LogP contribution in [-0.4, -0.2) is 38.6 Å². The smallest absolute Gasteiger partial charge is 0.316 e. The van der Waals surface area contributed by atoms with E-state index >= 15 is 0 Å². The molecule has 9 heteroatoms. The number of nitrogens with zero attached hydrogens (tertiary/aromatic N) is 1. The Morgan fingerprint density at radius 1 is 1.35 bits per heavy atom. The van der Waals surface area contributed by atoms with E-state index in [1.54, 1.807) is 12.1 Å². The van der Waals surface area contributed by atoms with Gasteiger partial charge in [-0.3, -0.25) is 0 Å². The summed E-state index contributed by atoms with van der Waals surface area (Å²) < 4.78 is 52.7. The SMILES string of the molecule is Nc1ccc2nc(S(=O)(=O)C3CCS(=O)(=O)C3)oc2c1. The molecule has 7 nitrogen and oxygen atoms in total. The van der Waals surface area contributed by atoms with Crippen LogP contribution < -0.4 is 5.73 Å². The number of nitrogens with two attached hydrogens (primary N) is 1. The van der Waals surface area contributed by atoms with Crippen LogP contribution in [-0.2, 0) is 19.7 Å². The van der Waals surface area contributed by atoms with Crippen molar-refractivity contribution in [2.75, 3.05) is 17.2 Å². The number of aromatic nitrogens is 1. The van der Waals surface area contributed by atoms with Crippen molar-refractivity contribution in [1.29, 1.82) is 0 Å². The quantitative estimate of drug-likeness (QED) is 0.794. The van der Waals surface area contributed by atoms with Crippen molar-refractivity contribution >= 4 is 36.5 Å². The first-order valence-electron chi connectivity index (χ1n) is 5.88. The number of sulfone groups is 2. The van der Waals surface area contributed by atoms with E-state index in [2.05, 4.69) is 4.98 Å². The third-order valence-corrected chi connectivity index (χ3v) is 7.19. The summed E-state index contributed by atoms with van der Waals surface area (Å²) in [6.45, 7) is 0. The normalized spacial score (nSPS) is 22.3. The fraction of sp³-hybridized carbons (Fsp3) is 0.364. The number of nitrogen functional groups attached to an aromatic ring is 1. The number of hydrogen-bond acceptors (Lipinski definition) is 7. The van der Waals surface area contributed by atoms with Crippen LogP contribution in [0.4, 0.5) is 5.69 Å². The van der Waals surface area contributed by atoms with Crippen molar-refractivity contribution in [1.82, 2.24) is 4.98 Å². The van der Waals surface area contributed by atoms with Gasteiger partial charge in [0.15, 0.2) is 15.4 Å². The first-order valence-corrected chi connectivity index (χ1v) is 9.25. The van der Waals surface area contributed by atoms with Crippen molar-refractivity contribution in [3.8, 4) is 0 Å². The van der Waals surface area contributed by atoms with Crippen LogP contribution in [0.5, 0.6) is 0 Å². The maximum Gasteiger partial charge on any atom is 0.316 e. The predicted octanol–water partition coefficient (Wildman–Crippen LogP) is 0.371. The van der Waals surface area contributed by atoms with E-state index in [1.807, 2.05) is 0 Å². The highest BCUT2D eigenvalue weighted by Crippen LogP contribution is 2.28. The molecule has 1 unspecified atom stereocenters. The molecule has 1 aliphatic rings. The van der Waals surface area contributed by atoms with Crippen LogP contribution in [0.1, 0.15) is 6.42 Å². The molecule has 0 radical (unpaired) electrons. The van der Waals surface area contributed by atoms with E-state index in [1.165, 1.54) is 6.07 Å². The van der Waals surface area contributed by atoms with E-state index in [4.69, 9.17) is 10.2 Å². The van der Waals surface area contributed by atoms with Crippen LogP contribution >= 0.6 is 0 Å². The van der Waals surface area contributed by atoms with Crippen molar-refractivity contribution in [3.05, 3.63) is 18.2 Å². The monoisotopic (exact) mass is 316 g/mol. The van der Waals surface area contributed by atoms with Gasteiger partial charge in [0.1, 0.15) is 5.52 Å². The Bertz CT molecular complexity index is 883. The highest BCUT2D eigenvalue weighted by atomic mass is 32.2. The maximum absolute atomic E-state index is 12.3. The number of oxazole rings is 1. The first-order chi connectivity index (χ1) is 9.28. The number of benzene rings is 1. The Kier molecular flexibility index (Phi) is 2.80. The lowest BCUT2D eigenvalue weighted by atomic mass is 10.3. The van der Waals surface area contributed by atoms with E-state index < -0.39 is 30.1 Å². The molecule has 1 atom stereocenters. The standard InChI is InChI=1S/C11H12N2O5S2/c12-7-1-2-9-10(5-7)18-11(13-9)20(16,17)8-3-4-19(14,15)6-8/h1-2,5,8H,3-4,6,12H2. The van der Waals surface area contributed by atoms with E-state index in [-0.39, 0.29) is 23.5 Å². The Labute approximate surface area is 115 Å². The van der Waals surface area contributed by atoms with Crippen LogP contribution in [0, 0.1) is 0 Å². The average Bonchev–Trinajstić information content (AvgIpc) is 2.92. The predicted molar refractivity (Wildman–Crippen MR) is 72.7 cm³/mol. The van der Waals surface area contributed by atoms with Gasteiger partial charge < -0.3 is 10.2 Å². The molecular weight excluding hydrogens is 304 g/mol. The summed E-state index contributed by atoms with van der Waals surface area (Å²) in [6.07, 6.45) is 0.0749. The molecule has 2 heterocycles. The lowest BCUT2D eigenvalue weighted by Crippen LogP contribution is -2.22. The largest absolute Gasteiger partial charge is 0.428 e. The third-order valence-electron chi connectivity index (χ3n) is 3.27. The van der Waals surface area contributed by atoms with Crippen molar-refractivity contribution < 1.29 is 21.3 Å². The summed E-state index contributed by atoms with van der Waals surface area (Å²) in [7, 11) is -7.17. The molecule has 1 aliphatic heterocycles. The summed E-state index contributed by atoms with van der Waals surface area (Å²) in [5.74, 6) is -0.500. The molecule has 1 aromatic heterocycles. The summed E-state index contributed by atoms with van der Waals surface area (Å²) in [6, 6.07) is 4.62. The summed E-state index contributed by atoms with van der Waals surface area (Å²) in [4.78, 5) is 3.91. The number of rotatable bonds is 2. The second kappa shape index (κ2) is 4.19. The topological polar surface area (TPSA) is 120 Å². The zero-order valence-electron chi connectivity index (χ0n) is 10.3. The minimum Gasteiger partial charge on any atom is -0.428 e. The molecule has 0 spiro atoms. The highest BCUT2D eigenvalue weighted by Gasteiger charge is 2.40. The van der Waals surface area contributed by atoms with Crippen molar-refractivity contribution in [3.63, 3.8) is 0 Å². The van der Waals surface area contributed by atoms with Gasteiger partial charge in [-0.25, -0.2) is 16.8 Å². The lowest BCUT2D eigenvalue weighted by molar-refractivity contribution is 0.454. The summed E-state index contributed by atoms with van der Waals surface area (Å²) in [5, 5.41) is -1.43. The van der Waals surface area contributed by atoms with Crippen LogP contribution in [0.2, 0.25) is 0 Å². The molecule has 3 rings (SSSR count). The Morgan fingerprint density at radius 2 is 2.10 bits per heavy atom. The zero-order valence-corrected chi connectivity index (χ0v) is 11.9. The van der Waals surface area contributed by atoms with Gasteiger partial charge >= 0.3 is 5.22 Å². The molecule has 1 fully saturated rings. The maximum atomic E-state index is 12.3.